The van der Waals surface area contributed by atoms with Crippen molar-refractivity contribution >= 4 is 11.7 Å². The van der Waals surface area contributed by atoms with Crippen molar-refractivity contribution in [3.05, 3.63) is 24.3 Å². The van der Waals surface area contributed by atoms with Gasteiger partial charge in [-0.2, -0.15) is 0 Å². The molecular formula is C12H16N2O3. The Labute approximate surface area is 100.0 Å². The van der Waals surface area contributed by atoms with Gasteiger partial charge < -0.3 is 20.1 Å². The number of hydrogen-bond donors (Lipinski definition) is 2. The number of anilines is 1. The van der Waals surface area contributed by atoms with E-state index >= 15 is 0 Å². The number of carboxylic acids is 1. The summed E-state index contributed by atoms with van der Waals surface area (Å²) < 4.78 is 5.08. The Balaban J connectivity index is 1.94. The molecule has 0 unspecified atom stereocenters. The summed E-state index contributed by atoms with van der Waals surface area (Å²) in [6.07, 6.45) is 0. The highest BCUT2D eigenvalue weighted by Gasteiger charge is 2.10. The van der Waals surface area contributed by atoms with Crippen LogP contribution in [-0.2, 0) is 4.79 Å². The summed E-state index contributed by atoms with van der Waals surface area (Å²) in [5.74, 6) is -0.373. The third kappa shape index (κ3) is 3.35. The van der Waals surface area contributed by atoms with Crippen LogP contribution in [0.4, 0.5) is 5.69 Å². The average molecular weight is 236 g/mol. The van der Waals surface area contributed by atoms with Crippen LogP contribution in [0.15, 0.2) is 24.3 Å². The molecule has 0 amide bonds. The molecule has 2 N–H and O–H groups in total. The van der Waals surface area contributed by atoms with E-state index in [1.807, 2.05) is 12.1 Å². The molecule has 0 radical (unpaired) electrons. The first-order chi connectivity index (χ1) is 8.25. The fourth-order valence-electron chi connectivity index (χ4n) is 1.82. The number of benzene rings is 1. The maximum absolute atomic E-state index is 10.3. The molecule has 2 rings (SSSR count). The van der Waals surface area contributed by atoms with E-state index in [9.17, 15) is 4.79 Å². The molecule has 5 nitrogen and oxygen atoms in total. The Bertz CT molecular complexity index is 372. The Morgan fingerprint density at radius 3 is 2.53 bits per heavy atom. The number of nitrogens with zero attached hydrogens (tertiary/aromatic N) is 1. The van der Waals surface area contributed by atoms with E-state index in [2.05, 4.69) is 10.2 Å². The summed E-state index contributed by atoms with van der Waals surface area (Å²) in [6.45, 7) is 3.69. The van der Waals surface area contributed by atoms with Crippen molar-refractivity contribution in [2.75, 3.05) is 37.7 Å². The summed E-state index contributed by atoms with van der Waals surface area (Å²) in [6, 6.07) is 7.53. The Kier molecular flexibility index (Phi) is 3.82. The minimum absolute atomic E-state index is 0.299. The van der Waals surface area contributed by atoms with Crippen molar-refractivity contribution in [3.8, 4) is 5.75 Å². The Morgan fingerprint density at radius 2 is 1.94 bits per heavy atom. The van der Waals surface area contributed by atoms with Crippen LogP contribution in [0.5, 0.6) is 5.75 Å². The van der Waals surface area contributed by atoms with Crippen LogP contribution < -0.4 is 15.0 Å². The molecular weight excluding hydrogens is 220 g/mol. The second-order valence-electron chi connectivity index (χ2n) is 3.91. The molecule has 0 bridgehead atoms. The van der Waals surface area contributed by atoms with Gasteiger partial charge in [0.2, 0.25) is 0 Å². The van der Waals surface area contributed by atoms with Crippen LogP contribution in [0.25, 0.3) is 0 Å². The Morgan fingerprint density at radius 1 is 1.29 bits per heavy atom. The zero-order valence-corrected chi connectivity index (χ0v) is 9.56. The molecule has 1 aromatic rings. The summed E-state index contributed by atoms with van der Waals surface area (Å²) in [5.41, 5.74) is 1.15. The van der Waals surface area contributed by atoms with Crippen molar-refractivity contribution in [2.24, 2.45) is 0 Å². The minimum atomic E-state index is -0.962. The van der Waals surface area contributed by atoms with Crippen LogP contribution in [0.2, 0.25) is 0 Å². The van der Waals surface area contributed by atoms with Gasteiger partial charge in [0.1, 0.15) is 5.75 Å². The summed E-state index contributed by atoms with van der Waals surface area (Å²) in [5, 5.41) is 11.8. The first-order valence-electron chi connectivity index (χ1n) is 5.66. The SMILES string of the molecule is O=C(O)COc1ccc(N2CCNCC2)cc1. The van der Waals surface area contributed by atoms with Gasteiger partial charge in [0.05, 0.1) is 0 Å². The van der Waals surface area contributed by atoms with Gasteiger partial charge in [0, 0.05) is 31.9 Å². The molecule has 1 heterocycles. The van der Waals surface area contributed by atoms with Crippen LogP contribution in [0.3, 0.4) is 0 Å². The molecule has 1 saturated heterocycles. The first kappa shape index (κ1) is 11.7. The van der Waals surface area contributed by atoms with E-state index < -0.39 is 5.97 Å². The molecule has 1 aliphatic rings. The molecule has 1 fully saturated rings. The fraction of sp³-hybridized carbons (Fsp3) is 0.417. The maximum atomic E-state index is 10.3. The zero-order valence-electron chi connectivity index (χ0n) is 9.56. The van der Waals surface area contributed by atoms with Gasteiger partial charge in [0.15, 0.2) is 6.61 Å². The van der Waals surface area contributed by atoms with Crippen molar-refractivity contribution < 1.29 is 14.6 Å². The van der Waals surface area contributed by atoms with Gasteiger partial charge in [-0.1, -0.05) is 0 Å². The van der Waals surface area contributed by atoms with Crippen molar-refractivity contribution in [1.29, 1.82) is 0 Å². The van der Waals surface area contributed by atoms with Crippen molar-refractivity contribution in [1.82, 2.24) is 5.32 Å². The highest BCUT2D eigenvalue weighted by molar-refractivity contribution is 5.68. The summed E-state index contributed by atoms with van der Waals surface area (Å²) >= 11 is 0. The van der Waals surface area contributed by atoms with Crippen LogP contribution in [0, 0.1) is 0 Å². The smallest absolute Gasteiger partial charge is 0.341 e. The first-order valence-corrected chi connectivity index (χ1v) is 5.66. The van der Waals surface area contributed by atoms with Gasteiger partial charge in [-0.05, 0) is 24.3 Å². The van der Waals surface area contributed by atoms with Gasteiger partial charge in [-0.3, -0.25) is 0 Å². The average Bonchev–Trinajstić information content (AvgIpc) is 2.38. The molecule has 5 heteroatoms. The fourth-order valence-corrected chi connectivity index (χ4v) is 1.82. The number of aliphatic carboxylic acids is 1. The monoisotopic (exact) mass is 236 g/mol. The van der Waals surface area contributed by atoms with E-state index in [1.54, 1.807) is 12.1 Å². The number of carboxylic acid groups (broad SMARTS) is 1. The normalized spacial score (nSPS) is 15.6. The second-order valence-corrected chi connectivity index (χ2v) is 3.91. The number of rotatable bonds is 4. The quantitative estimate of drug-likeness (QED) is 0.800. The molecule has 1 aliphatic heterocycles. The van der Waals surface area contributed by atoms with Gasteiger partial charge >= 0.3 is 5.97 Å². The van der Waals surface area contributed by atoms with Gasteiger partial charge in [0.25, 0.3) is 0 Å². The van der Waals surface area contributed by atoms with Crippen molar-refractivity contribution in [3.63, 3.8) is 0 Å². The molecule has 0 spiro atoms. The van der Waals surface area contributed by atoms with E-state index in [0.29, 0.717) is 5.75 Å². The molecule has 0 atom stereocenters. The molecule has 92 valence electrons. The lowest BCUT2D eigenvalue weighted by Crippen LogP contribution is -2.43. The van der Waals surface area contributed by atoms with E-state index in [0.717, 1.165) is 31.9 Å². The van der Waals surface area contributed by atoms with Gasteiger partial charge in [-0.15, -0.1) is 0 Å². The van der Waals surface area contributed by atoms with Crippen LogP contribution >= 0.6 is 0 Å². The van der Waals surface area contributed by atoms with E-state index in [4.69, 9.17) is 9.84 Å². The third-order valence-electron chi connectivity index (χ3n) is 2.68. The Hall–Kier alpha value is -1.75. The minimum Gasteiger partial charge on any atom is -0.482 e. The lowest BCUT2D eigenvalue weighted by atomic mass is 10.2. The number of carbonyl (C=O) groups is 1. The van der Waals surface area contributed by atoms with E-state index in [-0.39, 0.29) is 6.61 Å². The topological polar surface area (TPSA) is 61.8 Å². The second kappa shape index (κ2) is 5.54. The van der Waals surface area contributed by atoms with E-state index in [1.165, 1.54) is 0 Å². The summed E-state index contributed by atoms with van der Waals surface area (Å²) in [7, 11) is 0. The number of nitrogens with one attached hydrogen (secondary N) is 1. The largest absolute Gasteiger partial charge is 0.482 e. The maximum Gasteiger partial charge on any atom is 0.341 e. The molecule has 17 heavy (non-hydrogen) atoms. The predicted octanol–water partition coefficient (Wildman–Crippen LogP) is 0.560. The molecule has 0 aliphatic carbocycles. The van der Waals surface area contributed by atoms with Crippen LogP contribution in [-0.4, -0.2) is 43.9 Å². The molecule has 0 saturated carbocycles. The standard InChI is InChI=1S/C12H16N2O3/c15-12(16)9-17-11-3-1-10(2-4-11)14-7-5-13-6-8-14/h1-4,13H,5-9H2,(H,15,16). The zero-order chi connectivity index (χ0) is 12.1. The molecule has 1 aromatic carbocycles. The lowest BCUT2D eigenvalue weighted by Gasteiger charge is -2.29. The number of ether oxygens (including phenoxy) is 1. The van der Waals surface area contributed by atoms with Crippen LogP contribution in [0.1, 0.15) is 0 Å². The number of hydrogen-bond acceptors (Lipinski definition) is 4. The lowest BCUT2D eigenvalue weighted by molar-refractivity contribution is -0.139. The summed E-state index contributed by atoms with van der Waals surface area (Å²) in [4.78, 5) is 12.6. The third-order valence-corrected chi connectivity index (χ3v) is 2.68. The highest BCUT2D eigenvalue weighted by Crippen LogP contribution is 2.19. The van der Waals surface area contributed by atoms with Gasteiger partial charge in [-0.25, -0.2) is 4.79 Å². The highest BCUT2D eigenvalue weighted by atomic mass is 16.5. The van der Waals surface area contributed by atoms with Crippen molar-refractivity contribution in [2.45, 2.75) is 0 Å². The molecule has 0 aromatic heterocycles. The predicted molar refractivity (Wildman–Crippen MR) is 64.7 cm³/mol. The number of piperazine rings is 1.